The van der Waals surface area contributed by atoms with Gasteiger partial charge in [0.1, 0.15) is 6.29 Å². The molecule has 6 heteroatoms. The van der Waals surface area contributed by atoms with Crippen LogP contribution in [0.1, 0.15) is 6.92 Å². The predicted molar refractivity (Wildman–Crippen MR) is 23.3 cm³/mol. The second kappa shape index (κ2) is 15.8. The first-order valence-electron chi connectivity index (χ1n) is 1.33. The minimum Gasteiger partial charge on any atom is -0.750 e. The van der Waals surface area contributed by atoms with E-state index in [2.05, 4.69) is 0 Å². The van der Waals surface area contributed by atoms with Gasteiger partial charge in [-0.15, -0.1) is 0 Å². The van der Waals surface area contributed by atoms with Crippen LogP contribution >= 0.6 is 0 Å². The summed E-state index contributed by atoms with van der Waals surface area (Å²) in [7, 11) is 0. The van der Waals surface area contributed by atoms with Crippen molar-refractivity contribution in [1.29, 1.82) is 0 Å². The third-order valence-electron chi connectivity index (χ3n) is 0. The van der Waals surface area contributed by atoms with Crippen LogP contribution in [-0.2, 0) is 16.2 Å². The van der Waals surface area contributed by atoms with E-state index in [-0.39, 0.29) is 51.4 Å². The van der Waals surface area contributed by atoms with Gasteiger partial charge in [-0.1, -0.05) is 0 Å². The largest absolute Gasteiger partial charge is 1.00 e. The zero-order valence-electron chi connectivity index (χ0n) is 4.66. The molecular formula is C2H5KO4S. The quantitative estimate of drug-likeness (QED) is 0.229. The number of carbonyl (C=O) groups excluding carboxylic acids is 1. The van der Waals surface area contributed by atoms with Crippen molar-refractivity contribution in [1.82, 2.24) is 0 Å². The molecule has 4 nitrogen and oxygen atoms in total. The third kappa shape index (κ3) is 158. The van der Waals surface area contributed by atoms with Gasteiger partial charge in [-0.25, -0.2) is 4.21 Å². The molecule has 0 aromatic carbocycles. The minimum absolute atomic E-state index is 0. The molecule has 8 heavy (non-hydrogen) atoms. The van der Waals surface area contributed by atoms with Crippen LogP contribution in [0.4, 0.5) is 0 Å². The smallest absolute Gasteiger partial charge is 0.750 e. The minimum atomic E-state index is -2.86. The molecule has 0 saturated heterocycles. The number of carbonyl (C=O) groups is 1. The van der Waals surface area contributed by atoms with Crippen molar-refractivity contribution < 1.29 is 69.5 Å². The zero-order valence-corrected chi connectivity index (χ0v) is 8.60. The van der Waals surface area contributed by atoms with Crippen LogP contribution in [-0.4, -0.2) is 19.6 Å². The van der Waals surface area contributed by atoms with E-state index in [1.54, 1.807) is 0 Å². The van der Waals surface area contributed by atoms with E-state index < -0.39 is 11.4 Å². The van der Waals surface area contributed by atoms with Crippen molar-refractivity contribution in [2.75, 3.05) is 0 Å². The zero-order chi connectivity index (χ0) is 6.28. The van der Waals surface area contributed by atoms with Crippen molar-refractivity contribution in [2.45, 2.75) is 6.92 Å². The Morgan fingerprint density at radius 3 is 1.75 bits per heavy atom. The summed E-state index contributed by atoms with van der Waals surface area (Å²) in [6, 6.07) is 0. The van der Waals surface area contributed by atoms with Crippen molar-refractivity contribution >= 4 is 17.6 Å². The Balaban J connectivity index is -0.0000000575. The summed E-state index contributed by atoms with van der Waals surface area (Å²) < 4.78 is 24.1. The first-order valence-corrected chi connectivity index (χ1v) is 2.36. The van der Waals surface area contributed by atoms with E-state index in [9.17, 15) is 0 Å². The monoisotopic (exact) mass is 164 g/mol. The molecule has 0 spiro atoms. The molecule has 0 aliphatic heterocycles. The first kappa shape index (κ1) is 16.2. The average molecular weight is 164 g/mol. The summed E-state index contributed by atoms with van der Waals surface area (Å²) in [5.41, 5.74) is 0. The van der Waals surface area contributed by atoms with Crippen molar-refractivity contribution in [3.63, 3.8) is 0 Å². The van der Waals surface area contributed by atoms with Crippen LogP contribution in [0.2, 0.25) is 0 Å². The van der Waals surface area contributed by atoms with Crippen molar-refractivity contribution in [2.24, 2.45) is 0 Å². The molecule has 0 rings (SSSR count). The number of aldehydes is 1. The molecular weight excluding hydrogens is 159 g/mol. The Bertz CT molecular complexity index is 61.1. The topological polar surface area (TPSA) is 77.4 Å². The van der Waals surface area contributed by atoms with Crippen molar-refractivity contribution in [3.8, 4) is 0 Å². The molecule has 1 unspecified atom stereocenters. The number of rotatable bonds is 0. The molecule has 0 aliphatic carbocycles. The summed E-state index contributed by atoms with van der Waals surface area (Å²) in [6.45, 7) is 1.44. The van der Waals surface area contributed by atoms with E-state index in [0.717, 1.165) is 6.29 Å². The van der Waals surface area contributed by atoms with E-state index in [1.807, 2.05) is 0 Å². The summed E-state index contributed by atoms with van der Waals surface area (Å²) >= 11 is -2.86. The van der Waals surface area contributed by atoms with Gasteiger partial charge in [0.2, 0.25) is 0 Å². The Kier molecular flexibility index (Phi) is 31.9. The fourth-order valence-corrected chi connectivity index (χ4v) is 0. The molecule has 0 amide bonds. The molecule has 44 valence electrons. The number of hydrogen-bond acceptors (Lipinski definition) is 3. The molecule has 0 saturated carbocycles. The first-order chi connectivity index (χ1) is 3.15. The van der Waals surface area contributed by atoms with Crippen LogP contribution in [0.3, 0.4) is 0 Å². The molecule has 0 radical (unpaired) electrons. The molecule has 0 aromatic heterocycles. The molecule has 0 bridgehead atoms. The SMILES string of the molecule is CC=O.O=S([O-])O.[K+]. The van der Waals surface area contributed by atoms with Crippen LogP contribution in [0.25, 0.3) is 0 Å². The second-order valence-corrected chi connectivity index (χ2v) is 0.887. The van der Waals surface area contributed by atoms with Gasteiger partial charge in [0, 0.05) is 0 Å². The van der Waals surface area contributed by atoms with Gasteiger partial charge >= 0.3 is 51.4 Å². The fourth-order valence-electron chi connectivity index (χ4n) is 0. The van der Waals surface area contributed by atoms with Crippen LogP contribution in [0, 0.1) is 0 Å². The molecule has 0 aliphatic rings. The maximum absolute atomic E-state index is 8.81. The van der Waals surface area contributed by atoms with Gasteiger partial charge in [0.25, 0.3) is 0 Å². The standard InChI is InChI=1S/C2H4O.K.H2O3S/c1-2-3;;1-4(2)3/h2H,1H3;;(H2,1,2,3)/q;+1;/p-1. The normalized spacial score (nSPS) is 9.38. The van der Waals surface area contributed by atoms with E-state index in [4.69, 9.17) is 18.1 Å². The Labute approximate surface area is 92.6 Å². The summed E-state index contributed by atoms with van der Waals surface area (Å²) in [5.74, 6) is 0. The summed E-state index contributed by atoms with van der Waals surface area (Å²) in [5, 5.41) is 0. The van der Waals surface area contributed by atoms with Crippen LogP contribution < -0.4 is 51.4 Å². The molecule has 0 fully saturated rings. The van der Waals surface area contributed by atoms with E-state index in [1.165, 1.54) is 6.92 Å². The van der Waals surface area contributed by atoms with Crippen LogP contribution in [0.15, 0.2) is 0 Å². The molecule has 0 heterocycles. The Morgan fingerprint density at radius 2 is 1.75 bits per heavy atom. The average Bonchev–Trinajstić information content (AvgIpc) is 1.33. The van der Waals surface area contributed by atoms with E-state index >= 15 is 0 Å². The Hall–Kier alpha value is 1.38. The van der Waals surface area contributed by atoms with Crippen molar-refractivity contribution in [3.05, 3.63) is 0 Å². The van der Waals surface area contributed by atoms with Gasteiger partial charge in [0.05, 0.1) is 11.4 Å². The predicted octanol–water partition coefficient (Wildman–Crippen LogP) is -3.45. The fraction of sp³-hybridized carbons (Fsp3) is 0.500. The van der Waals surface area contributed by atoms with Crippen LogP contribution in [0.5, 0.6) is 0 Å². The Morgan fingerprint density at radius 1 is 1.75 bits per heavy atom. The maximum Gasteiger partial charge on any atom is 1.00 e. The maximum atomic E-state index is 8.81. The molecule has 0 aromatic rings. The van der Waals surface area contributed by atoms with Gasteiger partial charge < -0.3 is 13.9 Å². The molecule has 1 N–H and O–H groups in total. The van der Waals surface area contributed by atoms with Gasteiger partial charge in [-0.05, 0) is 6.92 Å². The second-order valence-electron chi connectivity index (χ2n) is 0.453. The van der Waals surface area contributed by atoms with Gasteiger partial charge in [-0.2, -0.15) is 0 Å². The third-order valence-corrected chi connectivity index (χ3v) is 0. The number of hydrogen-bond donors (Lipinski definition) is 1. The summed E-state index contributed by atoms with van der Waals surface area (Å²) in [4.78, 5) is 8.81. The summed E-state index contributed by atoms with van der Waals surface area (Å²) in [6.07, 6.45) is 0.750. The van der Waals surface area contributed by atoms with Gasteiger partial charge in [-0.3, -0.25) is 0 Å². The van der Waals surface area contributed by atoms with E-state index in [0.29, 0.717) is 0 Å². The molecule has 1 atom stereocenters. The van der Waals surface area contributed by atoms with Gasteiger partial charge in [0.15, 0.2) is 0 Å².